The molecule has 6 nitrogen and oxygen atoms in total. The molecule has 1 rings (SSSR count). The van der Waals surface area contributed by atoms with E-state index in [0.29, 0.717) is 0 Å². The molecule has 0 bridgehead atoms. The first kappa shape index (κ1) is 22.0. The van der Waals surface area contributed by atoms with E-state index in [1.807, 2.05) is 25.1 Å². The SMILES string of the molecule is Cc1ccc(CO)cc1C[C@H](NC(=O)OC(C)(C)C)C(=O)OC(C)(C)C. The Labute approximate surface area is 155 Å². The van der Waals surface area contributed by atoms with E-state index in [4.69, 9.17) is 9.47 Å². The zero-order chi connectivity index (χ0) is 20.1. The molecular weight excluding hydrogens is 334 g/mol. The van der Waals surface area contributed by atoms with Crippen LogP contribution >= 0.6 is 0 Å². The zero-order valence-corrected chi connectivity index (χ0v) is 16.8. The average Bonchev–Trinajstić information content (AvgIpc) is 2.44. The summed E-state index contributed by atoms with van der Waals surface area (Å²) in [5.74, 6) is -0.530. The van der Waals surface area contributed by atoms with Crippen LogP contribution in [-0.4, -0.2) is 34.4 Å². The number of aliphatic hydroxyl groups excluding tert-OH is 1. The van der Waals surface area contributed by atoms with E-state index in [-0.39, 0.29) is 13.0 Å². The van der Waals surface area contributed by atoms with Gasteiger partial charge < -0.3 is 19.9 Å². The highest BCUT2D eigenvalue weighted by molar-refractivity contribution is 5.82. The van der Waals surface area contributed by atoms with Crippen molar-refractivity contribution >= 4 is 12.1 Å². The van der Waals surface area contributed by atoms with Gasteiger partial charge >= 0.3 is 12.1 Å². The lowest BCUT2D eigenvalue weighted by Crippen LogP contribution is -2.47. The second-order valence-electron chi connectivity index (χ2n) is 8.36. The number of aliphatic hydroxyl groups is 1. The van der Waals surface area contributed by atoms with Crippen molar-refractivity contribution in [1.29, 1.82) is 0 Å². The molecule has 0 aliphatic rings. The number of esters is 1. The van der Waals surface area contributed by atoms with Crippen LogP contribution < -0.4 is 5.32 Å². The van der Waals surface area contributed by atoms with Gasteiger partial charge in [-0.3, -0.25) is 0 Å². The van der Waals surface area contributed by atoms with Gasteiger partial charge in [0.2, 0.25) is 0 Å². The van der Waals surface area contributed by atoms with Gasteiger partial charge in [0.15, 0.2) is 0 Å². The first-order valence-electron chi connectivity index (χ1n) is 8.72. The Morgan fingerprint density at radius 3 is 2.15 bits per heavy atom. The normalized spacial score (nSPS) is 13.1. The van der Waals surface area contributed by atoms with Crippen LogP contribution in [0.5, 0.6) is 0 Å². The summed E-state index contributed by atoms with van der Waals surface area (Å²) in [6, 6.07) is 4.63. The Hall–Kier alpha value is -2.08. The molecule has 6 heteroatoms. The maximum Gasteiger partial charge on any atom is 0.408 e. The molecule has 0 heterocycles. The number of hydrogen-bond donors (Lipinski definition) is 2. The summed E-state index contributed by atoms with van der Waals surface area (Å²) in [4.78, 5) is 24.7. The molecule has 1 aromatic rings. The summed E-state index contributed by atoms with van der Waals surface area (Å²) in [5.41, 5.74) is 1.21. The van der Waals surface area contributed by atoms with Gasteiger partial charge in [-0.25, -0.2) is 9.59 Å². The maximum absolute atomic E-state index is 12.6. The molecule has 0 radical (unpaired) electrons. The Morgan fingerprint density at radius 1 is 1.08 bits per heavy atom. The highest BCUT2D eigenvalue weighted by atomic mass is 16.6. The van der Waals surface area contributed by atoms with Crippen molar-refractivity contribution in [2.24, 2.45) is 0 Å². The number of benzene rings is 1. The van der Waals surface area contributed by atoms with Crippen molar-refractivity contribution in [2.45, 2.75) is 78.7 Å². The lowest BCUT2D eigenvalue weighted by Gasteiger charge is -2.26. The van der Waals surface area contributed by atoms with Gasteiger partial charge in [0, 0.05) is 6.42 Å². The van der Waals surface area contributed by atoms with Crippen LogP contribution in [0.1, 0.15) is 58.2 Å². The van der Waals surface area contributed by atoms with Crippen LogP contribution in [0.25, 0.3) is 0 Å². The lowest BCUT2D eigenvalue weighted by molar-refractivity contribution is -0.157. The predicted octanol–water partition coefficient (Wildman–Crippen LogP) is 3.26. The summed E-state index contributed by atoms with van der Waals surface area (Å²) in [6.45, 7) is 12.4. The van der Waals surface area contributed by atoms with Gasteiger partial charge in [-0.15, -0.1) is 0 Å². The predicted molar refractivity (Wildman–Crippen MR) is 99.8 cm³/mol. The van der Waals surface area contributed by atoms with Crippen molar-refractivity contribution in [2.75, 3.05) is 0 Å². The van der Waals surface area contributed by atoms with Crippen LogP contribution in [0.4, 0.5) is 4.79 Å². The summed E-state index contributed by atoms with van der Waals surface area (Å²) in [7, 11) is 0. The topological polar surface area (TPSA) is 84.9 Å². The van der Waals surface area contributed by atoms with Crippen LogP contribution in [0.15, 0.2) is 18.2 Å². The first-order chi connectivity index (χ1) is 11.8. The first-order valence-corrected chi connectivity index (χ1v) is 8.72. The van der Waals surface area contributed by atoms with Crippen molar-refractivity contribution in [3.8, 4) is 0 Å². The summed E-state index contributed by atoms with van der Waals surface area (Å²) in [6.07, 6.45) is -0.433. The number of nitrogens with one attached hydrogen (secondary N) is 1. The summed E-state index contributed by atoms with van der Waals surface area (Å²) < 4.78 is 10.7. The number of ether oxygens (including phenoxy) is 2. The number of alkyl carbamates (subject to hydrolysis) is 1. The largest absolute Gasteiger partial charge is 0.458 e. The minimum Gasteiger partial charge on any atom is -0.458 e. The molecule has 26 heavy (non-hydrogen) atoms. The Bertz CT molecular complexity index is 641. The molecule has 0 saturated carbocycles. The Kier molecular flexibility index (Phi) is 7.21. The van der Waals surface area contributed by atoms with Gasteiger partial charge in [-0.05, 0) is 65.2 Å². The molecule has 0 spiro atoms. The van der Waals surface area contributed by atoms with E-state index in [2.05, 4.69) is 5.32 Å². The van der Waals surface area contributed by atoms with E-state index in [0.717, 1.165) is 16.7 Å². The lowest BCUT2D eigenvalue weighted by atomic mass is 9.98. The summed E-state index contributed by atoms with van der Waals surface area (Å²) >= 11 is 0. The standard InChI is InChI=1S/C20H31NO5/c1-13-8-9-14(12-22)10-15(13)11-16(17(23)25-19(2,3)4)21-18(24)26-20(5,6)7/h8-10,16,22H,11-12H2,1-7H3,(H,21,24)/t16-/m0/s1. The smallest absolute Gasteiger partial charge is 0.408 e. The van der Waals surface area contributed by atoms with Crippen molar-refractivity contribution < 1.29 is 24.2 Å². The molecular formula is C20H31NO5. The van der Waals surface area contributed by atoms with Gasteiger partial charge in [0.1, 0.15) is 17.2 Å². The molecule has 0 saturated heterocycles. The zero-order valence-electron chi connectivity index (χ0n) is 16.8. The third-order valence-electron chi connectivity index (χ3n) is 3.40. The van der Waals surface area contributed by atoms with Gasteiger partial charge in [0.25, 0.3) is 0 Å². The van der Waals surface area contributed by atoms with Gasteiger partial charge in [-0.1, -0.05) is 18.2 Å². The average molecular weight is 365 g/mol. The molecule has 146 valence electrons. The van der Waals surface area contributed by atoms with Crippen LogP contribution in [0.2, 0.25) is 0 Å². The number of rotatable bonds is 5. The second-order valence-corrected chi connectivity index (χ2v) is 8.36. The van der Waals surface area contributed by atoms with E-state index in [9.17, 15) is 14.7 Å². The van der Waals surface area contributed by atoms with E-state index >= 15 is 0 Å². The number of amides is 1. The Balaban J connectivity index is 3.04. The van der Waals surface area contributed by atoms with Gasteiger partial charge in [-0.2, -0.15) is 0 Å². The minimum atomic E-state index is -0.892. The maximum atomic E-state index is 12.6. The van der Waals surface area contributed by atoms with Crippen LogP contribution in [0, 0.1) is 6.92 Å². The minimum absolute atomic E-state index is 0.0934. The van der Waals surface area contributed by atoms with E-state index < -0.39 is 29.3 Å². The highest BCUT2D eigenvalue weighted by Crippen LogP contribution is 2.17. The quantitative estimate of drug-likeness (QED) is 0.782. The monoisotopic (exact) mass is 365 g/mol. The third kappa shape index (κ3) is 7.87. The van der Waals surface area contributed by atoms with Crippen molar-refractivity contribution in [3.63, 3.8) is 0 Å². The number of aryl methyl sites for hydroxylation is 1. The van der Waals surface area contributed by atoms with E-state index in [1.54, 1.807) is 41.5 Å². The number of carbonyl (C=O) groups excluding carboxylic acids is 2. The number of hydrogen-bond acceptors (Lipinski definition) is 5. The highest BCUT2D eigenvalue weighted by Gasteiger charge is 2.29. The molecule has 2 N–H and O–H groups in total. The van der Waals surface area contributed by atoms with Crippen LogP contribution in [0.3, 0.4) is 0 Å². The molecule has 0 fully saturated rings. The number of carbonyl (C=O) groups is 2. The molecule has 0 aliphatic carbocycles. The molecule has 1 aromatic carbocycles. The molecule has 1 amide bonds. The van der Waals surface area contributed by atoms with Gasteiger partial charge in [0.05, 0.1) is 6.61 Å². The second kappa shape index (κ2) is 8.54. The molecule has 1 atom stereocenters. The fourth-order valence-corrected chi connectivity index (χ4v) is 2.28. The van der Waals surface area contributed by atoms with Crippen LogP contribution in [-0.2, 0) is 27.3 Å². The fraction of sp³-hybridized carbons (Fsp3) is 0.600. The third-order valence-corrected chi connectivity index (χ3v) is 3.40. The molecule has 0 aliphatic heterocycles. The fourth-order valence-electron chi connectivity index (χ4n) is 2.28. The molecule has 0 aromatic heterocycles. The van der Waals surface area contributed by atoms with E-state index in [1.165, 1.54) is 0 Å². The van der Waals surface area contributed by atoms with Crippen molar-refractivity contribution in [1.82, 2.24) is 5.32 Å². The van der Waals surface area contributed by atoms with Crippen molar-refractivity contribution in [3.05, 3.63) is 34.9 Å². The Morgan fingerprint density at radius 2 is 1.65 bits per heavy atom. The molecule has 0 unspecified atom stereocenters. The summed E-state index contributed by atoms with van der Waals surface area (Å²) in [5, 5.41) is 12.0.